The predicted molar refractivity (Wildman–Crippen MR) is 122 cm³/mol. The van der Waals surface area contributed by atoms with Gasteiger partial charge in [-0.1, -0.05) is 16.8 Å². The fourth-order valence-corrected chi connectivity index (χ4v) is 3.98. The number of amides is 1. The van der Waals surface area contributed by atoms with Gasteiger partial charge < -0.3 is 24.5 Å². The van der Waals surface area contributed by atoms with E-state index in [4.69, 9.17) is 16.3 Å². The van der Waals surface area contributed by atoms with E-state index in [-0.39, 0.29) is 47.3 Å². The van der Waals surface area contributed by atoms with Crippen LogP contribution in [0.4, 0.5) is 4.39 Å². The highest BCUT2D eigenvalue weighted by molar-refractivity contribution is 6.30. The molecule has 1 atom stereocenters. The lowest BCUT2D eigenvalue weighted by atomic mass is 9.99. The summed E-state index contributed by atoms with van der Waals surface area (Å²) in [6.07, 6.45) is 2.10. The third kappa shape index (κ3) is 5.88. The maximum atomic E-state index is 13.3. The Morgan fingerprint density at radius 2 is 2.09 bits per heavy atom. The number of aromatic amines is 1. The van der Waals surface area contributed by atoms with Crippen LogP contribution in [0.15, 0.2) is 41.1 Å². The van der Waals surface area contributed by atoms with Crippen molar-refractivity contribution in [3.05, 3.63) is 59.0 Å². The number of nitrogens with zero attached hydrogens (tertiary/aromatic N) is 3. The van der Waals surface area contributed by atoms with Gasteiger partial charge in [-0.25, -0.2) is 9.37 Å². The summed E-state index contributed by atoms with van der Waals surface area (Å²) in [6.45, 7) is 1.80. The van der Waals surface area contributed by atoms with Crippen molar-refractivity contribution in [2.45, 2.75) is 18.9 Å². The molecule has 1 aliphatic heterocycles. The summed E-state index contributed by atoms with van der Waals surface area (Å²) >= 11 is 6.40. The number of carbonyl (C=O) groups is 2. The van der Waals surface area contributed by atoms with E-state index in [1.54, 1.807) is 12.1 Å². The fourth-order valence-electron chi connectivity index (χ4n) is 3.71. The van der Waals surface area contributed by atoms with E-state index in [0.29, 0.717) is 43.2 Å². The number of nitrogens with one attached hydrogen (secondary N) is 2. The number of carbonyl (C=O) groups excluding carboxylic acids is 2. The Bertz CT molecular complexity index is 1110. The molecule has 34 heavy (non-hydrogen) atoms. The van der Waals surface area contributed by atoms with Gasteiger partial charge in [0.1, 0.15) is 23.6 Å². The van der Waals surface area contributed by atoms with Crippen molar-refractivity contribution in [1.82, 2.24) is 25.3 Å². The Hall–Kier alpha value is -3.08. The second-order valence-electron chi connectivity index (χ2n) is 8.26. The molecule has 11 heteroatoms. The highest BCUT2D eigenvalue weighted by Crippen LogP contribution is 2.27. The van der Waals surface area contributed by atoms with Crippen LogP contribution in [0, 0.1) is 11.7 Å². The summed E-state index contributed by atoms with van der Waals surface area (Å²) in [5, 5.41) is 6.82. The average Bonchev–Trinajstić information content (AvgIpc) is 3.46. The molecular weight excluding hydrogens is 465 g/mol. The molecule has 1 aromatic carbocycles. The summed E-state index contributed by atoms with van der Waals surface area (Å²) in [6, 6.07) is 6.80. The number of ketones is 1. The van der Waals surface area contributed by atoms with Gasteiger partial charge in [-0.15, -0.1) is 0 Å². The molecule has 1 aliphatic rings. The van der Waals surface area contributed by atoms with E-state index in [2.05, 4.69) is 29.9 Å². The van der Waals surface area contributed by atoms with Crippen LogP contribution in [-0.2, 0) is 9.53 Å². The number of H-pyrrole nitrogens is 1. The van der Waals surface area contributed by atoms with Gasteiger partial charge in [-0.2, -0.15) is 0 Å². The largest absolute Gasteiger partial charge is 0.379 e. The van der Waals surface area contributed by atoms with E-state index in [0.717, 1.165) is 0 Å². The van der Waals surface area contributed by atoms with Gasteiger partial charge in [0.05, 0.1) is 24.3 Å². The SMILES string of the molecule is CN1CC(C(=O)NC(COCCCC(=O)c2ccon2)c2[nH]c(-c3ccc(F)cc3)nc2Cl)C1. The summed E-state index contributed by atoms with van der Waals surface area (Å²) in [5.41, 5.74) is 1.45. The number of aromatic nitrogens is 3. The van der Waals surface area contributed by atoms with Crippen LogP contribution < -0.4 is 5.32 Å². The van der Waals surface area contributed by atoms with Crippen molar-refractivity contribution < 1.29 is 23.2 Å². The van der Waals surface area contributed by atoms with Gasteiger partial charge in [0.25, 0.3) is 0 Å². The zero-order valence-corrected chi connectivity index (χ0v) is 19.3. The molecule has 0 aliphatic carbocycles. The van der Waals surface area contributed by atoms with Crippen LogP contribution in [-0.4, -0.2) is 65.1 Å². The molecule has 1 amide bonds. The van der Waals surface area contributed by atoms with E-state index < -0.39 is 6.04 Å². The molecule has 9 nitrogen and oxygen atoms in total. The number of halogens is 2. The number of hydrogen-bond acceptors (Lipinski definition) is 7. The number of imidazole rings is 1. The lowest BCUT2D eigenvalue weighted by Gasteiger charge is -2.35. The highest BCUT2D eigenvalue weighted by atomic mass is 35.5. The van der Waals surface area contributed by atoms with Crippen molar-refractivity contribution in [2.75, 3.05) is 33.4 Å². The number of Topliss-reactive ketones (excluding diaryl/α,β-unsaturated/α-hetero) is 1. The lowest BCUT2D eigenvalue weighted by molar-refractivity contribution is -0.130. The second-order valence-corrected chi connectivity index (χ2v) is 8.62. The van der Waals surface area contributed by atoms with Gasteiger partial charge in [0.15, 0.2) is 10.9 Å². The Labute approximate surface area is 200 Å². The quantitative estimate of drug-likeness (QED) is 0.314. The first-order chi connectivity index (χ1) is 16.4. The Morgan fingerprint density at radius 1 is 1.32 bits per heavy atom. The van der Waals surface area contributed by atoms with E-state index >= 15 is 0 Å². The molecule has 0 spiro atoms. The number of rotatable bonds is 11. The molecule has 1 saturated heterocycles. The van der Waals surface area contributed by atoms with Gasteiger partial charge in [0.2, 0.25) is 5.91 Å². The maximum absolute atomic E-state index is 13.3. The van der Waals surface area contributed by atoms with Gasteiger partial charge in [-0.3, -0.25) is 9.59 Å². The molecule has 4 rings (SSSR count). The first-order valence-corrected chi connectivity index (χ1v) is 11.3. The van der Waals surface area contributed by atoms with E-state index in [1.165, 1.54) is 24.5 Å². The van der Waals surface area contributed by atoms with Crippen LogP contribution in [0.3, 0.4) is 0 Å². The standard InChI is InChI=1S/C23H25ClFN5O4/c1-30-11-15(12-30)23(32)26-18(13-33-9-2-3-19(31)17-8-10-34-29-17)20-21(24)28-22(27-20)14-4-6-16(25)7-5-14/h4-8,10,15,18H,2-3,9,11-13H2,1H3,(H,26,32)(H,27,28). The van der Waals surface area contributed by atoms with Gasteiger partial charge in [0, 0.05) is 37.7 Å². The van der Waals surface area contributed by atoms with E-state index in [1.807, 2.05) is 7.05 Å². The van der Waals surface area contributed by atoms with Crippen LogP contribution in [0.25, 0.3) is 11.4 Å². The molecule has 3 heterocycles. The Balaban J connectivity index is 1.40. The van der Waals surface area contributed by atoms with Crippen LogP contribution in [0.1, 0.15) is 35.1 Å². The third-order valence-electron chi connectivity index (χ3n) is 5.60. The molecule has 0 saturated carbocycles. The number of benzene rings is 1. The zero-order valence-electron chi connectivity index (χ0n) is 18.6. The topological polar surface area (TPSA) is 113 Å². The highest BCUT2D eigenvalue weighted by Gasteiger charge is 2.32. The van der Waals surface area contributed by atoms with Gasteiger partial charge >= 0.3 is 0 Å². The van der Waals surface area contributed by atoms with Crippen LogP contribution in [0.5, 0.6) is 0 Å². The average molecular weight is 490 g/mol. The molecule has 180 valence electrons. The van der Waals surface area contributed by atoms with Crippen molar-refractivity contribution >= 4 is 23.3 Å². The minimum absolute atomic E-state index is 0.0955. The molecule has 0 radical (unpaired) electrons. The molecule has 1 fully saturated rings. The molecule has 1 unspecified atom stereocenters. The van der Waals surface area contributed by atoms with Crippen LogP contribution >= 0.6 is 11.6 Å². The second kappa shape index (κ2) is 10.9. The molecular formula is C23H25ClFN5O4. The van der Waals surface area contributed by atoms with Crippen molar-refractivity contribution in [1.29, 1.82) is 0 Å². The molecule has 0 bridgehead atoms. The molecule has 2 N–H and O–H groups in total. The van der Waals surface area contributed by atoms with Crippen molar-refractivity contribution in [2.24, 2.45) is 5.92 Å². The van der Waals surface area contributed by atoms with Crippen molar-refractivity contribution in [3.8, 4) is 11.4 Å². The first-order valence-electron chi connectivity index (χ1n) is 10.9. The molecule has 3 aromatic rings. The normalized spacial score (nSPS) is 15.1. The summed E-state index contributed by atoms with van der Waals surface area (Å²) in [7, 11) is 1.95. The predicted octanol–water partition coefficient (Wildman–Crippen LogP) is 3.26. The number of ether oxygens (including phenoxy) is 1. The summed E-state index contributed by atoms with van der Waals surface area (Å²) in [4.78, 5) is 34.3. The summed E-state index contributed by atoms with van der Waals surface area (Å²) in [5.74, 6) is -0.224. The number of likely N-dealkylation sites (tertiary alicyclic amines) is 1. The minimum atomic E-state index is -0.571. The monoisotopic (exact) mass is 489 g/mol. The lowest BCUT2D eigenvalue weighted by Crippen LogP contribution is -2.52. The van der Waals surface area contributed by atoms with Crippen LogP contribution in [0.2, 0.25) is 5.15 Å². The van der Waals surface area contributed by atoms with Crippen molar-refractivity contribution in [3.63, 3.8) is 0 Å². The first kappa shape index (κ1) is 24.1. The van der Waals surface area contributed by atoms with E-state index in [9.17, 15) is 14.0 Å². The third-order valence-corrected chi connectivity index (χ3v) is 5.89. The fraction of sp³-hybridized carbons (Fsp3) is 0.391. The zero-order chi connectivity index (χ0) is 24.1. The minimum Gasteiger partial charge on any atom is -0.379 e. The summed E-state index contributed by atoms with van der Waals surface area (Å²) < 4.78 is 23.7. The Morgan fingerprint density at radius 3 is 2.76 bits per heavy atom. The maximum Gasteiger partial charge on any atom is 0.226 e. The smallest absolute Gasteiger partial charge is 0.226 e. The van der Waals surface area contributed by atoms with Gasteiger partial charge in [-0.05, 0) is 37.7 Å². The Kier molecular flexibility index (Phi) is 7.71. The number of hydrogen-bond donors (Lipinski definition) is 2. The molecule has 2 aromatic heterocycles.